The molecule has 0 aliphatic rings. The van der Waals surface area contributed by atoms with Crippen LogP contribution in [0.1, 0.15) is 29.8 Å². The lowest BCUT2D eigenvalue weighted by Gasteiger charge is -2.28. The minimum atomic E-state index is -0.462. The summed E-state index contributed by atoms with van der Waals surface area (Å²) in [6.07, 6.45) is 1.30. The van der Waals surface area contributed by atoms with Gasteiger partial charge in [-0.3, -0.25) is 4.79 Å². The van der Waals surface area contributed by atoms with Crippen LogP contribution < -0.4 is 5.32 Å². The van der Waals surface area contributed by atoms with E-state index in [9.17, 15) is 4.79 Å². The van der Waals surface area contributed by atoms with E-state index in [1.807, 2.05) is 68.4 Å². The predicted molar refractivity (Wildman–Crippen MR) is 113 cm³/mol. The van der Waals surface area contributed by atoms with E-state index in [4.69, 9.17) is 9.47 Å². The van der Waals surface area contributed by atoms with Gasteiger partial charge in [0.1, 0.15) is 0 Å². The molecule has 0 fully saturated rings. The van der Waals surface area contributed by atoms with E-state index in [0.717, 1.165) is 11.3 Å². The van der Waals surface area contributed by atoms with Crippen molar-refractivity contribution in [1.82, 2.24) is 4.90 Å². The highest BCUT2D eigenvalue weighted by atomic mass is 16.7. The first-order chi connectivity index (χ1) is 13.7. The highest BCUT2D eigenvalue weighted by molar-refractivity contribution is 5.99. The first-order valence-electron chi connectivity index (χ1n) is 9.69. The van der Waals surface area contributed by atoms with Crippen molar-refractivity contribution in [2.75, 3.05) is 31.6 Å². The molecule has 0 saturated carbocycles. The van der Waals surface area contributed by atoms with Crippen LogP contribution in [0.25, 0.3) is 0 Å². The molecule has 28 heavy (non-hydrogen) atoms. The van der Waals surface area contributed by atoms with Gasteiger partial charge in [-0.15, -0.1) is 6.58 Å². The minimum Gasteiger partial charge on any atom is -0.381 e. The third kappa shape index (κ3) is 6.51. The number of rotatable bonds is 12. The van der Waals surface area contributed by atoms with E-state index in [1.54, 1.807) is 11.0 Å². The summed E-state index contributed by atoms with van der Waals surface area (Å²) in [5.74, 6) is -0.0691. The first-order valence-corrected chi connectivity index (χ1v) is 9.69. The van der Waals surface area contributed by atoms with Gasteiger partial charge in [0.15, 0.2) is 6.29 Å². The van der Waals surface area contributed by atoms with Crippen LogP contribution in [0.4, 0.5) is 5.69 Å². The van der Waals surface area contributed by atoms with Gasteiger partial charge >= 0.3 is 0 Å². The second-order valence-electron chi connectivity index (χ2n) is 6.23. The fraction of sp³-hybridized carbons (Fsp3) is 0.348. The Morgan fingerprint density at radius 3 is 2.36 bits per heavy atom. The second kappa shape index (κ2) is 12.0. The van der Waals surface area contributed by atoms with Gasteiger partial charge in [-0.05, 0) is 31.5 Å². The molecule has 2 aromatic rings. The summed E-state index contributed by atoms with van der Waals surface area (Å²) in [5, 5.41) is 3.24. The number of carbonyl (C=O) groups is 1. The molecule has 0 spiro atoms. The van der Waals surface area contributed by atoms with Crippen LogP contribution in [-0.2, 0) is 16.0 Å². The highest BCUT2D eigenvalue weighted by Crippen LogP contribution is 2.19. The van der Waals surface area contributed by atoms with Crippen LogP contribution in [0.15, 0.2) is 67.3 Å². The van der Waals surface area contributed by atoms with Crippen LogP contribution in [0.3, 0.4) is 0 Å². The fourth-order valence-corrected chi connectivity index (χ4v) is 2.90. The average molecular weight is 383 g/mol. The summed E-state index contributed by atoms with van der Waals surface area (Å²) in [5.41, 5.74) is 2.46. The van der Waals surface area contributed by atoms with Gasteiger partial charge in [-0.25, -0.2) is 0 Å². The molecule has 0 atom stereocenters. The lowest BCUT2D eigenvalue weighted by atomic mass is 10.1. The molecule has 2 rings (SSSR count). The molecule has 2 aromatic carbocycles. The maximum atomic E-state index is 13.4. The number of hydrogen-bond donors (Lipinski definition) is 1. The Bertz CT molecular complexity index is 728. The number of carbonyl (C=O) groups excluding carboxylic acids is 1. The van der Waals surface area contributed by atoms with Crippen LogP contribution in [-0.4, -0.2) is 43.4 Å². The van der Waals surface area contributed by atoms with E-state index in [1.165, 1.54) is 0 Å². The molecule has 0 heterocycles. The summed E-state index contributed by atoms with van der Waals surface area (Å²) in [4.78, 5) is 15.2. The van der Waals surface area contributed by atoms with Gasteiger partial charge in [0.2, 0.25) is 0 Å². The van der Waals surface area contributed by atoms with Gasteiger partial charge in [0.25, 0.3) is 5.91 Å². The zero-order chi connectivity index (χ0) is 20.2. The Hall–Kier alpha value is -2.63. The van der Waals surface area contributed by atoms with E-state index in [0.29, 0.717) is 38.4 Å². The van der Waals surface area contributed by atoms with Crippen LogP contribution in [0.2, 0.25) is 0 Å². The number of benzene rings is 2. The number of nitrogens with one attached hydrogen (secondary N) is 1. The van der Waals surface area contributed by atoms with Crippen molar-refractivity contribution in [3.05, 3.63) is 78.4 Å². The Labute approximate surface area is 168 Å². The smallest absolute Gasteiger partial charge is 0.256 e. The summed E-state index contributed by atoms with van der Waals surface area (Å²) in [6.45, 7) is 10.0. The van der Waals surface area contributed by atoms with Gasteiger partial charge < -0.3 is 19.7 Å². The maximum Gasteiger partial charge on any atom is 0.256 e. The van der Waals surface area contributed by atoms with Crippen molar-refractivity contribution in [3.8, 4) is 0 Å². The van der Waals surface area contributed by atoms with Crippen LogP contribution >= 0.6 is 0 Å². The summed E-state index contributed by atoms with van der Waals surface area (Å²) in [7, 11) is 0. The van der Waals surface area contributed by atoms with Crippen molar-refractivity contribution in [2.24, 2.45) is 0 Å². The molecule has 150 valence electrons. The molecule has 0 aliphatic heterocycles. The number of hydrogen-bond acceptors (Lipinski definition) is 4. The Balaban J connectivity index is 2.29. The Morgan fingerprint density at radius 2 is 1.71 bits per heavy atom. The van der Waals surface area contributed by atoms with Crippen LogP contribution in [0, 0.1) is 0 Å². The highest BCUT2D eigenvalue weighted by Gasteiger charge is 2.23. The Morgan fingerprint density at radius 1 is 1.07 bits per heavy atom. The molecule has 0 aliphatic carbocycles. The zero-order valence-electron chi connectivity index (χ0n) is 16.8. The van der Waals surface area contributed by atoms with Crippen molar-refractivity contribution in [1.29, 1.82) is 0 Å². The molecule has 5 heteroatoms. The van der Waals surface area contributed by atoms with Gasteiger partial charge in [-0.1, -0.05) is 48.5 Å². The lowest BCUT2D eigenvalue weighted by Crippen LogP contribution is -2.39. The number of ether oxygens (including phenoxy) is 2. The molecule has 0 radical (unpaired) electrons. The zero-order valence-corrected chi connectivity index (χ0v) is 16.8. The Kier molecular flexibility index (Phi) is 9.25. The monoisotopic (exact) mass is 382 g/mol. The summed E-state index contributed by atoms with van der Waals surface area (Å²) < 4.78 is 11.4. The van der Waals surface area contributed by atoms with E-state index >= 15 is 0 Å². The maximum absolute atomic E-state index is 13.4. The van der Waals surface area contributed by atoms with Crippen molar-refractivity contribution < 1.29 is 14.3 Å². The number of para-hydroxylation sites is 1. The molecular formula is C23H30N2O3. The van der Waals surface area contributed by atoms with Gasteiger partial charge in [-0.2, -0.15) is 0 Å². The van der Waals surface area contributed by atoms with Crippen LogP contribution in [0.5, 0.6) is 0 Å². The molecule has 0 saturated heterocycles. The predicted octanol–water partition coefficient (Wildman–Crippen LogP) is 4.33. The molecule has 1 amide bonds. The topological polar surface area (TPSA) is 50.8 Å². The summed E-state index contributed by atoms with van der Waals surface area (Å²) >= 11 is 0. The van der Waals surface area contributed by atoms with Crippen molar-refractivity contribution >= 4 is 11.6 Å². The van der Waals surface area contributed by atoms with E-state index in [2.05, 4.69) is 11.9 Å². The molecule has 0 bridgehead atoms. The standard InChI is InChI=1S/C23H30N2O3/c1-4-16-24-21-15-11-10-14-20(21)23(26)25(17-19-12-8-7-9-13-19)18-22(27-5-2)28-6-3/h4,7-15,22,24H,1,5-6,16-18H2,2-3H3. The SMILES string of the molecule is C=CCNc1ccccc1C(=O)N(Cc1ccccc1)CC(OCC)OCC. The molecule has 0 unspecified atom stereocenters. The van der Waals surface area contributed by atoms with Gasteiger partial charge in [0, 0.05) is 32.0 Å². The number of anilines is 1. The van der Waals surface area contributed by atoms with Gasteiger partial charge in [0.05, 0.1) is 12.1 Å². The van der Waals surface area contributed by atoms with E-state index < -0.39 is 6.29 Å². The molecule has 5 nitrogen and oxygen atoms in total. The fourth-order valence-electron chi connectivity index (χ4n) is 2.90. The third-order valence-electron chi connectivity index (χ3n) is 4.17. The minimum absolute atomic E-state index is 0.0691. The first kappa shape index (κ1) is 21.7. The third-order valence-corrected chi connectivity index (χ3v) is 4.17. The van der Waals surface area contributed by atoms with E-state index in [-0.39, 0.29) is 5.91 Å². The molecule has 1 N–H and O–H groups in total. The molecule has 0 aromatic heterocycles. The molecular weight excluding hydrogens is 352 g/mol. The van der Waals surface area contributed by atoms with Crippen molar-refractivity contribution in [2.45, 2.75) is 26.7 Å². The lowest BCUT2D eigenvalue weighted by molar-refractivity contribution is -0.144. The van der Waals surface area contributed by atoms with Crippen molar-refractivity contribution in [3.63, 3.8) is 0 Å². The largest absolute Gasteiger partial charge is 0.381 e. The second-order valence-corrected chi connectivity index (χ2v) is 6.23. The normalized spacial score (nSPS) is 10.7. The average Bonchev–Trinajstić information content (AvgIpc) is 2.72. The summed E-state index contributed by atoms with van der Waals surface area (Å²) in [6, 6.07) is 17.5. The number of nitrogens with zero attached hydrogens (tertiary/aromatic N) is 1. The quantitative estimate of drug-likeness (QED) is 0.439. The number of amides is 1.